The van der Waals surface area contributed by atoms with Crippen molar-refractivity contribution in [3.63, 3.8) is 0 Å². The smallest absolute Gasteiger partial charge is 0.0715 e. The van der Waals surface area contributed by atoms with Crippen LogP contribution in [0.1, 0.15) is 67.2 Å². The van der Waals surface area contributed by atoms with Crippen molar-refractivity contribution in [2.45, 2.75) is 44.5 Å². The molecule has 210 valence electrons. The van der Waals surface area contributed by atoms with Gasteiger partial charge in [0.05, 0.1) is 17.9 Å². The van der Waals surface area contributed by atoms with Gasteiger partial charge in [-0.1, -0.05) is 89.5 Å². The van der Waals surface area contributed by atoms with Crippen LogP contribution in [0.15, 0.2) is 103 Å². The van der Waals surface area contributed by atoms with Crippen molar-refractivity contribution in [3.8, 4) is 0 Å². The van der Waals surface area contributed by atoms with Gasteiger partial charge in [0.15, 0.2) is 0 Å². The Morgan fingerprint density at radius 2 is 0.878 bits per heavy atom. The van der Waals surface area contributed by atoms with Crippen LogP contribution in [0.5, 0.6) is 0 Å². The zero-order valence-electron chi connectivity index (χ0n) is 24.0. The molecule has 4 aromatic rings. The summed E-state index contributed by atoms with van der Waals surface area (Å²) in [7, 11) is 0. The van der Waals surface area contributed by atoms with E-state index < -0.39 is 17.9 Å². The molecule has 0 aliphatic heterocycles. The van der Waals surface area contributed by atoms with Crippen LogP contribution in [0, 0.1) is 20.8 Å². The van der Waals surface area contributed by atoms with Gasteiger partial charge in [-0.3, -0.25) is 0 Å². The molecule has 0 atom stereocenters. The van der Waals surface area contributed by atoms with Gasteiger partial charge in [-0.05, 0) is 37.5 Å². The van der Waals surface area contributed by atoms with Crippen LogP contribution in [0.25, 0.3) is 0 Å². The van der Waals surface area contributed by atoms with Gasteiger partial charge < -0.3 is 29.7 Å². The molecule has 0 unspecified atom stereocenters. The van der Waals surface area contributed by atoms with Crippen LogP contribution in [-0.2, 0) is 5.41 Å². The quantitative estimate of drug-likeness (QED) is 0.303. The van der Waals surface area contributed by atoms with Gasteiger partial charge in [0.2, 0.25) is 0 Å². The molecule has 0 saturated carbocycles. The predicted octanol–water partition coefficient (Wildman–Crippen LogP) is 3.63. The fourth-order valence-corrected chi connectivity index (χ4v) is 3.89. The SMILES string of the molecule is CC(C)([CH2][Sn+3])c1ccccc1.Cc1cccc(C(=O)[O-])c1.Cc1cccc(C(=O)[O-])c1.Cc1cccc(C(=O)[O-])c1. The Kier molecular flexibility index (Phi) is 15.2. The molecule has 7 heteroatoms. The van der Waals surface area contributed by atoms with Crippen molar-refractivity contribution in [1.29, 1.82) is 0 Å². The normalized spacial score (nSPS) is 9.93. The van der Waals surface area contributed by atoms with Crippen molar-refractivity contribution in [3.05, 3.63) is 142 Å². The Hall–Kier alpha value is -3.91. The van der Waals surface area contributed by atoms with Crippen LogP contribution in [0.4, 0.5) is 0 Å². The number of carbonyl (C=O) groups is 3. The molecule has 0 fully saturated rings. The molecule has 0 radical (unpaired) electrons. The molecule has 0 aliphatic carbocycles. The van der Waals surface area contributed by atoms with Crippen LogP contribution >= 0.6 is 0 Å². The number of aromatic carboxylic acids is 3. The molecule has 0 amide bonds. The second-order valence-corrected chi connectivity index (χ2v) is 10.9. The maximum absolute atomic E-state index is 10.2. The van der Waals surface area contributed by atoms with Gasteiger partial charge in [0.1, 0.15) is 0 Å². The number of carboxylic acids is 3. The van der Waals surface area contributed by atoms with Crippen LogP contribution in [0.2, 0.25) is 4.44 Å². The van der Waals surface area contributed by atoms with Crippen LogP contribution < -0.4 is 15.3 Å². The Morgan fingerprint density at radius 3 is 1.10 bits per heavy atom. The van der Waals surface area contributed by atoms with E-state index >= 15 is 0 Å². The second kappa shape index (κ2) is 17.7. The first-order valence-corrected chi connectivity index (χ1v) is 14.8. The molecule has 6 nitrogen and oxygen atoms in total. The summed E-state index contributed by atoms with van der Waals surface area (Å²) in [5, 5.41) is 30.7. The third-order valence-electron chi connectivity index (χ3n) is 5.76. The van der Waals surface area contributed by atoms with E-state index in [-0.39, 0.29) is 16.7 Å². The van der Waals surface area contributed by atoms with E-state index in [1.54, 1.807) is 58.9 Å². The summed E-state index contributed by atoms with van der Waals surface area (Å²) in [4.78, 5) is 30.7. The van der Waals surface area contributed by atoms with E-state index in [0.29, 0.717) is 5.41 Å². The van der Waals surface area contributed by atoms with E-state index in [4.69, 9.17) is 0 Å². The van der Waals surface area contributed by atoms with E-state index in [1.807, 2.05) is 39.0 Å². The first kappa shape index (κ1) is 35.1. The van der Waals surface area contributed by atoms with Gasteiger partial charge in [-0.15, -0.1) is 0 Å². The number of hydrogen-bond acceptors (Lipinski definition) is 6. The minimum atomic E-state index is -1.12. The standard InChI is InChI=1S/C10H13.3C8H8O2.Sn/c1-10(2,3)9-7-5-4-6-8-9;3*1-6-3-2-4-7(5-6)8(9)10;/h4-8H,1H2,2-3H3;3*2-5H,1H3,(H,9,10);/q;;;;+3/p-3. The monoisotopic (exact) mass is 658 g/mol. The summed E-state index contributed by atoms with van der Waals surface area (Å²) in [6.45, 7) is 10.1. The van der Waals surface area contributed by atoms with Gasteiger partial charge >= 0.3 is 82.1 Å². The van der Waals surface area contributed by atoms with Crippen molar-refractivity contribution >= 4 is 40.4 Å². The summed E-state index contributed by atoms with van der Waals surface area (Å²) < 4.78 is 1.28. The average Bonchev–Trinajstić information content (AvgIpc) is 2.94. The first-order chi connectivity index (χ1) is 19.3. The average molecular weight is 657 g/mol. The number of rotatable bonds is 5. The molecule has 0 spiro atoms. The molecule has 0 aromatic heterocycles. The summed E-state index contributed by atoms with van der Waals surface area (Å²) in [6, 6.07) is 30.6. The Labute approximate surface area is 255 Å². The van der Waals surface area contributed by atoms with Crippen LogP contribution in [-0.4, -0.2) is 40.4 Å². The summed E-state index contributed by atoms with van der Waals surface area (Å²) in [5.41, 5.74) is 5.33. The molecule has 41 heavy (non-hydrogen) atoms. The topological polar surface area (TPSA) is 120 Å². The zero-order valence-corrected chi connectivity index (χ0v) is 26.8. The maximum Gasteiger partial charge on any atom is 0.0715 e. The van der Waals surface area contributed by atoms with Gasteiger partial charge in [0.25, 0.3) is 0 Å². The number of carbonyl (C=O) groups excluding carboxylic acids is 3. The Morgan fingerprint density at radius 1 is 0.561 bits per heavy atom. The molecule has 4 rings (SSSR count). The molecule has 0 saturated heterocycles. The first-order valence-electron chi connectivity index (χ1n) is 12.8. The third kappa shape index (κ3) is 13.8. The minimum Gasteiger partial charge on any atom is -0.545 e. The van der Waals surface area contributed by atoms with E-state index in [0.717, 1.165) is 16.7 Å². The largest absolute Gasteiger partial charge is 0.545 e. The summed E-state index contributed by atoms with van der Waals surface area (Å²) in [6.07, 6.45) is 0. The number of aryl methyl sites for hydroxylation is 3. The Balaban J connectivity index is 0.000000274. The third-order valence-corrected chi connectivity index (χ3v) is 8.28. The predicted molar refractivity (Wildman–Crippen MR) is 157 cm³/mol. The van der Waals surface area contributed by atoms with E-state index in [2.05, 4.69) is 44.2 Å². The summed E-state index contributed by atoms with van der Waals surface area (Å²) in [5.74, 6) is -3.36. The minimum absolute atomic E-state index is 0.236. The van der Waals surface area contributed by atoms with Gasteiger partial charge in [-0.25, -0.2) is 0 Å². The van der Waals surface area contributed by atoms with E-state index in [1.165, 1.54) is 28.2 Å². The van der Waals surface area contributed by atoms with E-state index in [9.17, 15) is 29.7 Å². The second-order valence-electron chi connectivity index (χ2n) is 9.90. The van der Waals surface area contributed by atoms with Gasteiger partial charge in [0, 0.05) is 0 Å². The fraction of sp³-hybridized carbons (Fsp3) is 0.206. The Bertz CT molecular complexity index is 1280. The molecule has 0 aliphatic rings. The van der Waals surface area contributed by atoms with Crippen molar-refractivity contribution < 1.29 is 29.7 Å². The fourth-order valence-electron chi connectivity index (χ4n) is 3.31. The molecule has 0 bridgehead atoms. The van der Waals surface area contributed by atoms with Crippen molar-refractivity contribution in [2.24, 2.45) is 0 Å². The molecule has 0 heterocycles. The summed E-state index contributed by atoms with van der Waals surface area (Å²) >= 11 is 1.62. The van der Waals surface area contributed by atoms with Crippen molar-refractivity contribution in [1.82, 2.24) is 0 Å². The molecular weight excluding hydrogens is 623 g/mol. The number of benzene rings is 4. The van der Waals surface area contributed by atoms with Crippen molar-refractivity contribution in [2.75, 3.05) is 0 Å². The number of hydrogen-bond donors (Lipinski definition) is 0. The van der Waals surface area contributed by atoms with Crippen LogP contribution in [0.3, 0.4) is 0 Å². The zero-order chi connectivity index (χ0) is 31.0. The number of carboxylic acid groups (broad SMARTS) is 3. The molecule has 0 N–H and O–H groups in total. The van der Waals surface area contributed by atoms with Gasteiger partial charge in [-0.2, -0.15) is 0 Å². The maximum atomic E-state index is 10.2. The molecular formula is C34H34O6Sn. The molecule has 4 aromatic carbocycles.